The van der Waals surface area contributed by atoms with Crippen LogP contribution in [-0.4, -0.2) is 44.4 Å². The Morgan fingerprint density at radius 1 is 1.04 bits per heavy atom. The van der Waals surface area contributed by atoms with E-state index in [-0.39, 0.29) is 18.8 Å². The van der Waals surface area contributed by atoms with Gasteiger partial charge in [-0.25, -0.2) is 0 Å². The van der Waals surface area contributed by atoms with E-state index in [1.165, 1.54) is 7.11 Å². The van der Waals surface area contributed by atoms with Crippen molar-refractivity contribution in [2.24, 2.45) is 0 Å². The molecule has 0 amide bonds. The van der Waals surface area contributed by atoms with Gasteiger partial charge in [0, 0.05) is 12.5 Å². The molecular weight excluding hydrogens is 324 g/mol. The Bertz CT molecular complexity index is 800. The van der Waals surface area contributed by atoms with Gasteiger partial charge in [-0.1, -0.05) is 6.07 Å². The second-order valence-electron chi connectivity index (χ2n) is 5.88. The largest absolute Gasteiger partial charge is 0.497 e. The van der Waals surface area contributed by atoms with Crippen molar-refractivity contribution in [3.63, 3.8) is 0 Å². The SMILES string of the molecule is COc1ccc2c(c1)OC[C@](O)(Cc1ccc(OC)c(OC)c1)C2=O. The summed E-state index contributed by atoms with van der Waals surface area (Å²) in [7, 11) is 4.63. The highest BCUT2D eigenvalue weighted by Crippen LogP contribution is 2.35. The number of hydrogen-bond acceptors (Lipinski definition) is 6. The van der Waals surface area contributed by atoms with Gasteiger partial charge >= 0.3 is 0 Å². The van der Waals surface area contributed by atoms with Crippen molar-refractivity contribution in [3.8, 4) is 23.0 Å². The second-order valence-corrected chi connectivity index (χ2v) is 5.88. The molecule has 3 rings (SSSR count). The number of rotatable bonds is 5. The molecule has 1 atom stereocenters. The lowest BCUT2D eigenvalue weighted by atomic mass is 9.85. The Balaban J connectivity index is 1.88. The van der Waals surface area contributed by atoms with Crippen LogP contribution in [0.2, 0.25) is 0 Å². The summed E-state index contributed by atoms with van der Waals surface area (Å²) in [6.45, 7) is -0.125. The normalized spacial score (nSPS) is 19.0. The van der Waals surface area contributed by atoms with Gasteiger partial charge in [0.25, 0.3) is 0 Å². The molecule has 0 aliphatic carbocycles. The predicted octanol–water partition coefficient (Wildman–Crippen LogP) is 2.26. The second kappa shape index (κ2) is 6.64. The van der Waals surface area contributed by atoms with Crippen LogP contribution >= 0.6 is 0 Å². The Morgan fingerprint density at radius 3 is 2.48 bits per heavy atom. The fourth-order valence-electron chi connectivity index (χ4n) is 2.91. The van der Waals surface area contributed by atoms with Crippen LogP contribution in [0.15, 0.2) is 36.4 Å². The molecule has 25 heavy (non-hydrogen) atoms. The van der Waals surface area contributed by atoms with Crippen molar-refractivity contribution in [1.82, 2.24) is 0 Å². The number of carbonyl (C=O) groups is 1. The van der Waals surface area contributed by atoms with Crippen LogP contribution in [0, 0.1) is 0 Å². The average molecular weight is 344 g/mol. The fraction of sp³-hybridized carbons (Fsp3) is 0.316. The number of methoxy groups -OCH3 is 3. The van der Waals surface area contributed by atoms with Crippen LogP contribution in [-0.2, 0) is 6.42 Å². The zero-order valence-corrected chi connectivity index (χ0v) is 14.4. The van der Waals surface area contributed by atoms with Crippen molar-refractivity contribution >= 4 is 5.78 Å². The Labute approximate surface area is 145 Å². The van der Waals surface area contributed by atoms with E-state index in [0.717, 1.165) is 5.56 Å². The van der Waals surface area contributed by atoms with Gasteiger partial charge in [-0.05, 0) is 29.8 Å². The van der Waals surface area contributed by atoms with E-state index in [2.05, 4.69) is 0 Å². The van der Waals surface area contributed by atoms with E-state index in [9.17, 15) is 9.90 Å². The van der Waals surface area contributed by atoms with Gasteiger partial charge in [0.2, 0.25) is 5.78 Å². The number of ketones is 1. The van der Waals surface area contributed by atoms with Gasteiger partial charge in [0.1, 0.15) is 18.1 Å². The summed E-state index contributed by atoms with van der Waals surface area (Å²) in [6, 6.07) is 10.2. The van der Waals surface area contributed by atoms with Crippen LogP contribution < -0.4 is 18.9 Å². The smallest absolute Gasteiger partial charge is 0.201 e. The fourth-order valence-corrected chi connectivity index (χ4v) is 2.91. The summed E-state index contributed by atoms with van der Waals surface area (Å²) < 4.78 is 21.2. The molecule has 0 spiro atoms. The minimum absolute atomic E-state index is 0.109. The molecule has 2 aromatic carbocycles. The molecule has 1 aliphatic rings. The summed E-state index contributed by atoms with van der Waals surface area (Å²) in [5, 5.41) is 10.9. The molecule has 1 N–H and O–H groups in total. The molecule has 0 aromatic heterocycles. The van der Waals surface area contributed by atoms with Gasteiger partial charge in [-0.15, -0.1) is 0 Å². The molecule has 0 fully saturated rings. The topological polar surface area (TPSA) is 74.2 Å². The molecule has 0 unspecified atom stereocenters. The summed E-state index contributed by atoms with van der Waals surface area (Å²) in [4.78, 5) is 12.8. The number of Topliss-reactive ketones (excluding diaryl/α,β-unsaturated/α-hetero) is 1. The van der Waals surface area contributed by atoms with Crippen molar-refractivity contribution in [2.75, 3.05) is 27.9 Å². The molecule has 2 aromatic rings. The third-order valence-corrected chi connectivity index (χ3v) is 4.27. The van der Waals surface area contributed by atoms with Gasteiger partial charge < -0.3 is 24.1 Å². The Hall–Kier alpha value is -2.73. The maximum Gasteiger partial charge on any atom is 0.201 e. The van der Waals surface area contributed by atoms with Gasteiger partial charge in [-0.2, -0.15) is 0 Å². The average Bonchev–Trinajstić information content (AvgIpc) is 2.64. The summed E-state index contributed by atoms with van der Waals surface area (Å²) in [6.07, 6.45) is 0.109. The number of hydrogen-bond donors (Lipinski definition) is 1. The number of ether oxygens (including phenoxy) is 4. The number of fused-ring (bicyclic) bond motifs is 1. The lowest BCUT2D eigenvalue weighted by Crippen LogP contribution is -2.49. The standard InChI is InChI=1S/C19H20O6/c1-22-13-5-6-14-16(9-13)25-11-19(21,18(14)20)10-12-4-7-15(23-2)17(8-12)24-3/h4-9,21H,10-11H2,1-3H3/t19-/m1/s1. The maximum atomic E-state index is 12.8. The highest BCUT2D eigenvalue weighted by atomic mass is 16.5. The Morgan fingerprint density at radius 2 is 1.80 bits per heavy atom. The first-order valence-electron chi connectivity index (χ1n) is 7.79. The first-order valence-corrected chi connectivity index (χ1v) is 7.79. The van der Waals surface area contributed by atoms with Crippen molar-refractivity contribution in [1.29, 1.82) is 0 Å². The maximum absolute atomic E-state index is 12.8. The highest BCUT2D eigenvalue weighted by molar-refractivity contribution is 6.05. The molecule has 1 aliphatic heterocycles. The van der Waals surface area contributed by atoms with E-state index < -0.39 is 5.60 Å². The molecule has 0 saturated heterocycles. The van der Waals surface area contributed by atoms with E-state index in [1.54, 1.807) is 50.6 Å². The molecule has 0 saturated carbocycles. The molecule has 0 bridgehead atoms. The molecule has 132 valence electrons. The van der Waals surface area contributed by atoms with Crippen LogP contribution in [0.3, 0.4) is 0 Å². The summed E-state index contributed by atoms with van der Waals surface area (Å²) in [5.41, 5.74) is -0.551. The van der Waals surface area contributed by atoms with E-state index in [0.29, 0.717) is 28.6 Å². The molecule has 1 heterocycles. The summed E-state index contributed by atoms with van der Waals surface area (Å²) in [5.74, 6) is 1.77. The van der Waals surface area contributed by atoms with Crippen LogP contribution in [0.5, 0.6) is 23.0 Å². The van der Waals surface area contributed by atoms with E-state index in [1.807, 2.05) is 0 Å². The monoisotopic (exact) mass is 344 g/mol. The van der Waals surface area contributed by atoms with Crippen LogP contribution in [0.25, 0.3) is 0 Å². The first-order chi connectivity index (χ1) is 12.0. The third-order valence-electron chi connectivity index (χ3n) is 4.27. The minimum atomic E-state index is -1.64. The molecule has 6 heteroatoms. The summed E-state index contributed by atoms with van der Waals surface area (Å²) >= 11 is 0. The van der Waals surface area contributed by atoms with Crippen molar-refractivity contribution < 1.29 is 28.8 Å². The zero-order chi connectivity index (χ0) is 18.0. The first kappa shape index (κ1) is 17.1. The predicted molar refractivity (Wildman–Crippen MR) is 91.0 cm³/mol. The lowest BCUT2D eigenvalue weighted by Gasteiger charge is -2.32. The minimum Gasteiger partial charge on any atom is -0.497 e. The van der Waals surface area contributed by atoms with E-state index in [4.69, 9.17) is 18.9 Å². The van der Waals surface area contributed by atoms with Crippen molar-refractivity contribution in [3.05, 3.63) is 47.5 Å². The van der Waals surface area contributed by atoms with Crippen LogP contribution in [0.1, 0.15) is 15.9 Å². The third kappa shape index (κ3) is 3.13. The number of carbonyl (C=O) groups excluding carboxylic acids is 1. The van der Waals surface area contributed by atoms with Gasteiger partial charge in [-0.3, -0.25) is 4.79 Å². The molecule has 6 nitrogen and oxygen atoms in total. The number of aliphatic hydroxyl groups is 1. The quantitative estimate of drug-likeness (QED) is 0.897. The lowest BCUT2D eigenvalue weighted by molar-refractivity contribution is -0.00201. The highest BCUT2D eigenvalue weighted by Gasteiger charge is 2.42. The van der Waals surface area contributed by atoms with Gasteiger partial charge in [0.05, 0.1) is 26.9 Å². The zero-order valence-electron chi connectivity index (χ0n) is 14.4. The van der Waals surface area contributed by atoms with Crippen LogP contribution in [0.4, 0.5) is 0 Å². The van der Waals surface area contributed by atoms with Crippen molar-refractivity contribution in [2.45, 2.75) is 12.0 Å². The van der Waals surface area contributed by atoms with Gasteiger partial charge in [0.15, 0.2) is 17.1 Å². The molecular formula is C19H20O6. The number of benzene rings is 2. The Kier molecular flexibility index (Phi) is 4.55. The van der Waals surface area contributed by atoms with E-state index >= 15 is 0 Å². The molecule has 0 radical (unpaired) electrons.